The number of methoxy groups -OCH3 is 3. The molecule has 0 aromatic heterocycles. The highest BCUT2D eigenvalue weighted by Crippen LogP contribution is 2.38. The summed E-state index contributed by atoms with van der Waals surface area (Å²) in [6.45, 7) is 3.45. The number of hydrogen-bond acceptors (Lipinski definition) is 5. The van der Waals surface area contributed by atoms with Gasteiger partial charge in [0.2, 0.25) is 11.7 Å². The summed E-state index contributed by atoms with van der Waals surface area (Å²) in [5, 5.41) is 3.05. The Bertz CT molecular complexity index is 629. The number of likely N-dealkylation sites (tertiary alicyclic amines) is 1. The number of nitrogens with one attached hydrogen (secondary N) is 1. The Morgan fingerprint density at radius 3 is 2.15 bits per heavy atom. The van der Waals surface area contributed by atoms with Crippen molar-refractivity contribution in [2.75, 3.05) is 34.4 Å². The summed E-state index contributed by atoms with van der Waals surface area (Å²) < 4.78 is 15.9. The molecule has 1 N–H and O–H groups in total. The summed E-state index contributed by atoms with van der Waals surface area (Å²) >= 11 is 0. The monoisotopic (exact) mass is 378 g/mol. The third kappa shape index (κ3) is 5.28. The predicted octanol–water partition coefficient (Wildman–Crippen LogP) is 2.62. The van der Waals surface area contributed by atoms with Crippen LogP contribution in [0.25, 0.3) is 0 Å². The second kappa shape index (κ2) is 10.0. The molecule has 0 atom stereocenters. The second-order valence-electron chi connectivity index (χ2n) is 6.65. The van der Waals surface area contributed by atoms with Crippen molar-refractivity contribution in [3.05, 3.63) is 17.7 Å². The van der Waals surface area contributed by atoms with Gasteiger partial charge in [-0.2, -0.15) is 0 Å². The van der Waals surface area contributed by atoms with E-state index in [0.29, 0.717) is 42.3 Å². The summed E-state index contributed by atoms with van der Waals surface area (Å²) in [7, 11) is 4.56. The van der Waals surface area contributed by atoms with Crippen molar-refractivity contribution < 1.29 is 23.8 Å². The van der Waals surface area contributed by atoms with Crippen LogP contribution in [0.15, 0.2) is 12.1 Å². The van der Waals surface area contributed by atoms with Gasteiger partial charge in [0.15, 0.2) is 11.5 Å². The minimum atomic E-state index is -0.190. The number of unbranched alkanes of at least 4 members (excludes halogenated alkanes) is 1. The Labute approximate surface area is 161 Å². The Balaban J connectivity index is 1.97. The van der Waals surface area contributed by atoms with Crippen LogP contribution in [0.5, 0.6) is 17.2 Å². The van der Waals surface area contributed by atoms with Crippen LogP contribution in [0.3, 0.4) is 0 Å². The van der Waals surface area contributed by atoms with E-state index in [1.54, 1.807) is 12.1 Å². The van der Waals surface area contributed by atoms with Crippen LogP contribution in [0.4, 0.5) is 0 Å². The van der Waals surface area contributed by atoms with Gasteiger partial charge in [-0.1, -0.05) is 13.3 Å². The quantitative estimate of drug-likeness (QED) is 0.752. The van der Waals surface area contributed by atoms with Crippen LogP contribution in [0.2, 0.25) is 0 Å². The third-order valence-electron chi connectivity index (χ3n) is 4.85. The molecule has 1 aliphatic rings. The summed E-state index contributed by atoms with van der Waals surface area (Å²) in [6, 6.07) is 3.33. The Hall–Kier alpha value is -2.44. The van der Waals surface area contributed by atoms with E-state index in [0.717, 1.165) is 25.7 Å². The lowest BCUT2D eigenvalue weighted by molar-refractivity contribution is -0.132. The molecule has 1 saturated heterocycles. The lowest BCUT2D eigenvalue weighted by Crippen LogP contribution is -2.46. The zero-order valence-corrected chi connectivity index (χ0v) is 16.7. The molecule has 2 amide bonds. The van der Waals surface area contributed by atoms with Crippen molar-refractivity contribution in [1.82, 2.24) is 10.2 Å². The first-order chi connectivity index (χ1) is 13.0. The van der Waals surface area contributed by atoms with Crippen LogP contribution in [0.1, 0.15) is 49.4 Å². The fraction of sp³-hybridized carbons (Fsp3) is 0.600. The molecule has 27 heavy (non-hydrogen) atoms. The van der Waals surface area contributed by atoms with Crippen molar-refractivity contribution in [2.45, 2.75) is 45.1 Å². The normalized spacial score (nSPS) is 14.6. The van der Waals surface area contributed by atoms with E-state index < -0.39 is 0 Å². The smallest absolute Gasteiger partial charge is 0.251 e. The molecule has 0 saturated carbocycles. The van der Waals surface area contributed by atoms with Gasteiger partial charge in [0, 0.05) is 31.1 Å². The Kier molecular flexibility index (Phi) is 7.76. The summed E-state index contributed by atoms with van der Waals surface area (Å²) in [4.78, 5) is 26.7. The molecule has 7 nitrogen and oxygen atoms in total. The maximum atomic E-state index is 12.7. The van der Waals surface area contributed by atoms with Crippen molar-refractivity contribution in [2.24, 2.45) is 0 Å². The van der Waals surface area contributed by atoms with Gasteiger partial charge in [-0.3, -0.25) is 9.59 Å². The minimum Gasteiger partial charge on any atom is -0.493 e. The van der Waals surface area contributed by atoms with Crippen molar-refractivity contribution in [1.29, 1.82) is 0 Å². The molecule has 1 aromatic carbocycles. The van der Waals surface area contributed by atoms with E-state index in [1.165, 1.54) is 21.3 Å². The average Bonchev–Trinajstić information content (AvgIpc) is 2.71. The van der Waals surface area contributed by atoms with Gasteiger partial charge in [0.1, 0.15) is 0 Å². The molecule has 0 radical (unpaired) electrons. The maximum absolute atomic E-state index is 12.7. The van der Waals surface area contributed by atoms with E-state index in [4.69, 9.17) is 14.2 Å². The number of benzene rings is 1. The van der Waals surface area contributed by atoms with E-state index in [9.17, 15) is 9.59 Å². The summed E-state index contributed by atoms with van der Waals surface area (Å²) in [5.41, 5.74) is 0.450. The van der Waals surface area contributed by atoms with Gasteiger partial charge in [-0.05, 0) is 31.4 Å². The summed E-state index contributed by atoms with van der Waals surface area (Å²) in [5.74, 6) is 1.36. The molecular weight excluding hydrogens is 348 g/mol. The lowest BCUT2D eigenvalue weighted by atomic mass is 10.0. The molecule has 0 unspecified atom stereocenters. The average molecular weight is 378 g/mol. The van der Waals surface area contributed by atoms with Gasteiger partial charge < -0.3 is 24.4 Å². The van der Waals surface area contributed by atoms with Gasteiger partial charge in [0.05, 0.1) is 21.3 Å². The first kappa shape index (κ1) is 20.9. The van der Waals surface area contributed by atoms with Crippen molar-refractivity contribution in [3.63, 3.8) is 0 Å². The van der Waals surface area contributed by atoms with Crippen molar-refractivity contribution >= 4 is 11.8 Å². The van der Waals surface area contributed by atoms with Gasteiger partial charge >= 0.3 is 0 Å². The molecule has 1 fully saturated rings. The van der Waals surface area contributed by atoms with Crippen LogP contribution in [0, 0.1) is 0 Å². The van der Waals surface area contributed by atoms with E-state index in [1.807, 2.05) is 4.90 Å². The second-order valence-corrected chi connectivity index (χ2v) is 6.65. The van der Waals surface area contributed by atoms with E-state index in [2.05, 4.69) is 12.2 Å². The van der Waals surface area contributed by atoms with Crippen LogP contribution >= 0.6 is 0 Å². The molecule has 7 heteroatoms. The van der Waals surface area contributed by atoms with E-state index in [-0.39, 0.29) is 17.9 Å². The van der Waals surface area contributed by atoms with Crippen LogP contribution in [-0.2, 0) is 4.79 Å². The predicted molar refractivity (Wildman–Crippen MR) is 103 cm³/mol. The lowest BCUT2D eigenvalue weighted by Gasteiger charge is -2.32. The molecule has 1 heterocycles. The molecule has 0 bridgehead atoms. The molecule has 0 aliphatic carbocycles. The highest BCUT2D eigenvalue weighted by molar-refractivity contribution is 5.95. The SMILES string of the molecule is CCCCC(=O)N1CCC(NC(=O)c2cc(OC)c(OC)c(OC)c2)CC1. The zero-order valence-electron chi connectivity index (χ0n) is 16.7. The maximum Gasteiger partial charge on any atom is 0.251 e. The highest BCUT2D eigenvalue weighted by atomic mass is 16.5. The highest BCUT2D eigenvalue weighted by Gasteiger charge is 2.25. The van der Waals surface area contributed by atoms with Gasteiger partial charge in [-0.25, -0.2) is 0 Å². The van der Waals surface area contributed by atoms with Crippen LogP contribution in [-0.4, -0.2) is 57.2 Å². The number of nitrogens with zero attached hydrogens (tertiary/aromatic N) is 1. The number of amides is 2. The third-order valence-corrected chi connectivity index (χ3v) is 4.85. The van der Waals surface area contributed by atoms with Crippen molar-refractivity contribution in [3.8, 4) is 17.2 Å². The molecule has 150 valence electrons. The topological polar surface area (TPSA) is 77.1 Å². The molecule has 2 rings (SSSR count). The number of ether oxygens (including phenoxy) is 3. The standard InChI is InChI=1S/C20H30N2O5/c1-5-6-7-18(23)22-10-8-15(9-11-22)21-20(24)14-12-16(25-2)19(27-4)17(13-14)26-3/h12-13,15H,5-11H2,1-4H3,(H,21,24). The largest absolute Gasteiger partial charge is 0.493 e. The first-order valence-corrected chi connectivity index (χ1v) is 9.42. The molecule has 0 spiro atoms. The molecule has 1 aliphatic heterocycles. The number of piperidine rings is 1. The fourth-order valence-electron chi connectivity index (χ4n) is 3.24. The number of rotatable bonds is 8. The summed E-state index contributed by atoms with van der Waals surface area (Å²) in [6.07, 6.45) is 4.07. The first-order valence-electron chi connectivity index (χ1n) is 9.42. The Morgan fingerprint density at radius 1 is 1.07 bits per heavy atom. The Morgan fingerprint density at radius 2 is 1.67 bits per heavy atom. The number of carbonyl (C=O) groups is 2. The fourth-order valence-corrected chi connectivity index (χ4v) is 3.24. The minimum absolute atomic E-state index is 0.0480. The molecular formula is C20H30N2O5. The van der Waals surface area contributed by atoms with Gasteiger partial charge in [-0.15, -0.1) is 0 Å². The van der Waals surface area contributed by atoms with E-state index >= 15 is 0 Å². The zero-order chi connectivity index (χ0) is 19.8. The molecule has 1 aromatic rings. The number of hydrogen-bond donors (Lipinski definition) is 1. The van der Waals surface area contributed by atoms with Gasteiger partial charge in [0.25, 0.3) is 5.91 Å². The van der Waals surface area contributed by atoms with Crippen LogP contribution < -0.4 is 19.5 Å². The number of carbonyl (C=O) groups excluding carboxylic acids is 2.